The van der Waals surface area contributed by atoms with E-state index >= 15 is 0 Å². The maximum absolute atomic E-state index is 12.0. The van der Waals surface area contributed by atoms with Gasteiger partial charge in [0.1, 0.15) is 0 Å². The molecule has 1 amide bonds. The molecule has 2 rings (SSSR count). The summed E-state index contributed by atoms with van der Waals surface area (Å²) in [6, 6.07) is 7.86. The first-order valence-electron chi connectivity index (χ1n) is 5.99. The number of carboxylic acid groups (broad SMARTS) is 1. The van der Waals surface area contributed by atoms with Crippen LogP contribution in [-0.4, -0.2) is 36.6 Å². The average molecular weight is 248 g/mol. The second-order valence-corrected chi connectivity index (χ2v) is 4.24. The Morgan fingerprint density at radius 2 is 2.11 bits per heavy atom. The molecule has 0 atom stereocenters. The Hall–Kier alpha value is -1.88. The van der Waals surface area contributed by atoms with Crippen LogP contribution in [0.15, 0.2) is 24.3 Å². The van der Waals surface area contributed by atoms with Crippen LogP contribution in [0, 0.1) is 0 Å². The predicted molar refractivity (Wildman–Crippen MR) is 67.6 cm³/mol. The number of carbonyl (C=O) groups excluding carboxylic acids is 1. The molecule has 0 spiro atoms. The summed E-state index contributed by atoms with van der Waals surface area (Å²) in [4.78, 5) is 24.1. The summed E-state index contributed by atoms with van der Waals surface area (Å²) in [7, 11) is 0. The second-order valence-electron chi connectivity index (χ2n) is 4.24. The zero-order chi connectivity index (χ0) is 13.0. The van der Waals surface area contributed by atoms with Crippen LogP contribution in [0.4, 0.5) is 5.69 Å². The highest BCUT2D eigenvalue weighted by atomic mass is 16.4. The van der Waals surface area contributed by atoms with E-state index in [1.54, 1.807) is 4.90 Å². The third kappa shape index (κ3) is 2.87. The lowest BCUT2D eigenvalue weighted by molar-refractivity contribution is -0.137. The highest BCUT2D eigenvalue weighted by Gasteiger charge is 2.23. The SMILES string of the molecule is O=C(O)CCNCC(=O)N1CCc2ccccc21. The number of para-hydroxylation sites is 1. The van der Waals surface area contributed by atoms with E-state index < -0.39 is 5.97 Å². The molecule has 0 radical (unpaired) electrons. The number of amides is 1. The van der Waals surface area contributed by atoms with Crippen molar-refractivity contribution in [2.75, 3.05) is 24.5 Å². The molecule has 0 saturated heterocycles. The second kappa shape index (κ2) is 5.64. The van der Waals surface area contributed by atoms with Crippen molar-refractivity contribution in [2.24, 2.45) is 0 Å². The van der Waals surface area contributed by atoms with E-state index in [0.29, 0.717) is 13.1 Å². The van der Waals surface area contributed by atoms with E-state index in [9.17, 15) is 9.59 Å². The van der Waals surface area contributed by atoms with Crippen LogP contribution in [0.25, 0.3) is 0 Å². The fourth-order valence-electron chi connectivity index (χ4n) is 2.08. The highest BCUT2D eigenvalue weighted by molar-refractivity contribution is 5.96. The van der Waals surface area contributed by atoms with Crippen molar-refractivity contribution in [3.63, 3.8) is 0 Å². The van der Waals surface area contributed by atoms with Crippen LogP contribution < -0.4 is 10.2 Å². The monoisotopic (exact) mass is 248 g/mol. The fourth-order valence-corrected chi connectivity index (χ4v) is 2.08. The highest BCUT2D eigenvalue weighted by Crippen LogP contribution is 2.27. The number of nitrogens with one attached hydrogen (secondary N) is 1. The number of carboxylic acids is 1. The van der Waals surface area contributed by atoms with E-state index in [1.165, 1.54) is 5.56 Å². The van der Waals surface area contributed by atoms with Gasteiger partial charge in [0.2, 0.25) is 5.91 Å². The van der Waals surface area contributed by atoms with Crippen molar-refractivity contribution in [2.45, 2.75) is 12.8 Å². The number of fused-ring (bicyclic) bond motifs is 1. The molecule has 0 unspecified atom stereocenters. The largest absolute Gasteiger partial charge is 0.481 e. The lowest BCUT2D eigenvalue weighted by Gasteiger charge is -2.17. The molecule has 1 aliphatic rings. The number of hydrogen-bond donors (Lipinski definition) is 2. The molecule has 0 bridgehead atoms. The van der Waals surface area contributed by atoms with Crippen molar-refractivity contribution in [1.29, 1.82) is 0 Å². The minimum atomic E-state index is -0.860. The fraction of sp³-hybridized carbons (Fsp3) is 0.385. The Morgan fingerprint density at radius 1 is 1.33 bits per heavy atom. The van der Waals surface area contributed by atoms with Crippen molar-refractivity contribution >= 4 is 17.6 Å². The van der Waals surface area contributed by atoms with Crippen LogP contribution in [0.2, 0.25) is 0 Å². The van der Waals surface area contributed by atoms with Gasteiger partial charge in [-0.2, -0.15) is 0 Å². The Labute approximate surface area is 105 Å². The molecule has 96 valence electrons. The minimum Gasteiger partial charge on any atom is -0.481 e. The maximum Gasteiger partial charge on any atom is 0.304 e. The molecule has 0 aliphatic carbocycles. The number of benzene rings is 1. The third-order valence-electron chi connectivity index (χ3n) is 2.98. The smallest absolute Gasteiger partial charge is 0.304 e. The van der Waals surface area contributed by atoms with Gasteiger partial charge in [-0.25, -0.2) is 0 Å². The van der Waals surface area contributed by atoms with E-state index in [4.69, 9.17) is 5.11 Å². The lowest BCUT2D eigenvalue weighted by atomic mass is 10.2. The molecule has 0 aromatic heterocycles. The van der Waals surface area contributed by atoms with E-state index in [2.05, 4.69) is 5.32 Å². The van der Waals surface area contributed by atoms with E-state index in [0.717, 1.165) is 12.1 Å². The van der Waals surface area contributed by atoms with Gasteiger partial charge in [0.25, 0.3) is 0 Å². The summed E-state index contributed by atoms with van der Waals surface area (Å²) in [6.07, 6.45) is 0.918. The molecule has 1 aliphatic heterocycles. The molecule has 5 nitrogen and oxygen atoms in total. The minimum absolute atomic E-state index is 0.00895. The number of anilines is 1. The Morgan fingerprint density at radius 3 is 2.89 bits per heavy atom. The van der Waals surface area contributed by atoms with Crippen molar-refractivity contribution in [1.82, 2.24) is 5.32 Å². The summed E-state index contributed by atoms with van der Waals surface area (Å²) < 4.78 is 0. The molecular weight excluding hydrogens is 232 g/mol. The molecule has 5 heteroatoms. The van der Waals surface area contributed by atoms with Crippen molar-refractivity contribution in [3.8, 4) is 0 Å². The topological polar surface area (TPSA) is 69.6 Å². The maximum atomic E-state index is 12.0. The molecule has 0 saturated carbocycles. The van der Waals surface area contributed by atoms with Crippen molar-refractivity contribution < 1.29 is 14.7 Å². The Kier molecular flexibility index (Phi) is 3.94. The average Bonchev–Trinajstić information content (AvgIpc) is 2.78. The van der Waals surface area contributed by atoms with Gasteiger partial charge in [-0.1, -0.05) is 18.2 Å². The van der Waals surface area contributed by atoms with E-state index in [1.807, 2.05) is 24.3 Å². The Bertz CT molecular complexity index is 459. The molecule has 1 aromatic carbocycles. The van der Waals surface area contributed by atoms with Crippen LogP contribution in [0.1, 0.15) is 12.0 Å². The summed E-state index contributed by atoms with van der Waals surface area (Å²) in [6.45, 7) is 1.21. The molecule has 1 aromatic rings. The molecule has 2 N–H and O–H groups in total. The normalized spacial score (nSPS) is 13.4. The number of carbonyl (C=O) groups is 2. The standard InChI is InChI=1S/C13H16N2O3/c16-12(9-14-7-5-13(17)18)15-8-6-10-3-1-2-4-11(10)15/h1-4,14H,5-9H2,(H,17,18). The first-order chi connectivity index (χ1) is 8.68. The molecular formula is C13H16N2O3. The Balaban J connectivity index is 1.86. The van der Waals surface area contributed by atoms with Crippen LogP contribution in [0.3, 0.4) is 0 Å². The number of aliphatic carboxylic acids is 1. The van der Waals surface area contributed by atoms with Gasteiger partial charge in [0.05, 0.1) is 13.0 Å². The summed E-state index contributed by atoms with van der Waals surface area (Å²) in [5.74, 6) is -0.869. The third-order valence-corrected chi connectivity index (χ3v) is 2.98. The van der Waals surface area contributed by atoms with Crippen LogP contribution >= 0.6 is 0 Å². The van der Waals surface area contributed by atoms with E-state index in [-0.39, 0.29) is 18.9 Å². The molecule has 1 heterocycles. The quantitative estimate of drug-likeness (QED) is 0.750. The zero-order valence-corrected chi connectivity index (χ0v) is 10.1. The van der Waals surface area contributed by atoms with Crippen LogP contribution in [-0.2, 0) is 16.0 Å². The van der Waals surface area contributed by atoms with Gasteiger partial charge in [-0.05, 0) is 18.1 Å². The zero-order valence-electron chi connectivity index (χ0n) is 10.1. The summed E-state index contributed by atoms with van der Waals surface area (Å²) in [5.41, 5.74) is 2.17. The van der Waals surface area contributed by atoms with Gasteiger partial charge in [-0.15, -0.1) is 0 Å². The molecule has 0 fully saturated rings. The number of rotatable bonds is 5. The van der Waals surface area contributed by atoms with Crippen LogP contribution in [0.5, 0.6) is 0 Å². The predicted octanol–water partition coefficient (Wildman–Crippen LogP) is 0.640. The summed E-state index contributed by atoms with van der Waals surface area (Å²) >= 11 is 0. The van der Waals surface area contributed by atoms with Gasteiger partial charge in [-0.3, -0.25) is 9.59 Å². The van der Waals surface area contributed by atoms with Gasteiger partial charge in [0.15, 0.2) is 0 Å². The van der Waals surface area contributed by atoms with Gasteiger partial charge >= 0.3 is 5.97 Å². The summed E-state index contributed by atoms with van der Waals surface area (Å²) in [5, 5.41) is 11.3. The van der Waals surface area contributed by atoms with Gasteiger partial charge < -0.3 is 15.3 Å². The van der Waals surface area contributed by atoms with Crippen molar-refractivity contribution in [3.05, 3.63) is 29.8 Å². The lowest BCUT2D eigenvalue weighted by Crippen LogP contribution is -2.37. The number of nitrogens with zero attached hydrogens (tertiary/aromatic N) is 1. The van der Waals surface area contributed by atoms with Gasteiger partial charge in [0, 0.05) is 18.8 Å². The molecule has 18 heavy (non-hydrogen) atoms. The first kappa shape index (κ1) is 12.6. The first-order valence-corrected chi connectivity index (χ1v) is 5.99. The number of hydrogen-bond acceptors (Lipinski definition) is 3.